The summed E-state index contributed by atoms with van der Waals surface area (Å²) in [6.45, 7) is 10.5. The summed E-state index contributed by atoms with van der Waals surface area (Å²) in [4.78, 5) is 23.2. The molecule has 1 aromatic heterocycles. The third kappa shape index (κ3) is 7.34. The van der Waals surface area contributed by atoms with Crippen molar-refractivity contribution in [1.82, 2.24) is 4.57 Å². The fourth-order valence-electron chi connectivity index (χ4n) is 7.72. The Labute approximate surface area is 292 Å². The number of unbranched alkanes of at least 4 members (excludes halogenated alkanes) is 2. The second-order valence-corrected chi connectivity index (χ2v) is 16.4. The van der Waals surface area contributed by atoms with Crippen LogP contribution in [-0.4, -0.2) is 40.3 Å². The molecule has 0 radical (unpaired) electrons. The summed E-state index contributed by atoms with van der Waals surface area (Å²) in [5.41, 5.74) is 5.34. The Hall–Kier alpha value is -4.48. The standard InChI is InChI=1S/C39H44N2O8S/c1-6-24-18-38(2,3)19-25-14-32-30(16-28(24)25)36(37-40(11-9-7-8-10-34(42)43)12-13-41(37)22-35(44)45)31-17-29-26(15-33(31)49-32)20-39(4,5)21-27(29)23-50(46,47)48/h12-18,20-21H,6-11,19,22-23H2,1-5H3,(H2-,42,43,44,45,46,47,48)/p-1. The summed E-state index contributed by atoms with van der Waals surface area (Å²) in [6.07, 6.45) is 13.2. The third-order valence-electron chi connectivity index (χ3n) is 9.59. The first-order valence-electron chi connectivity index (χ1n) is 17.1. The molecule has 6 rings (SSSR count). The molecule has 50 heavy (non-hydrogen) atoms. The second kappa shape index (κ2) is 13.0. The van der Waals surface area contributed by atoms with Gasteiger partial charge in [-0.3, -0.25) is 4.79 Å². The van der Waals surface area contributed by atoms with Crippen molar-refractivity contribution in [1.29, 1.82) is 0 Å². The van der Waals surface area contributed by atoms with Crippen molar-refractivity contribution in [3.63, 3.8) is 0 Å². The van der Waals surface area contributed by atoms with Gasteiger partial charge in [0.1, 0.15) is 30.4 Å². The molecule has 1 N–H and O–H groups in total. The monoisotopic (exact) mass is 699 g/mol. The highest BCUT2D eigenvalue weighted by atomic mass is 32.2. The summed E-state index contributed by atoms with van der Waals surface area (Å²) in [5.74, 6) is -1.03. The van der Waals surface area contributed by atoms with Gasteiger partial charge in [0.25, 0.3) is 5.82 Å². The average Bonchev–Trinajstić information content (AvgIpc) is 3.36. The fourth-order valence-corrected chi connectivity index (χ4v) is 8.34. The maximum absolute atomic E-state index is 12.1. The van der Waals surface area contributed by atoms with Gasteiger partial charge in [0, 0.05) is 22.6 Å². The first-order valence-corrected chi connectivity index (χ1v) is 18.7. The van der Waals surface area contributed by atoms with Crippen molar-refractivity contribution in [3.8, 4) is 11.5 Å². The van der Waals surface area contributed by atoms with Crippen LogP contribution in [0.4, 0.5) is 0 Å². The van der Waals surface area contributed by atoms with Crippen molar-refractivity contribution in [2.24, 2.45) is 10.8 Å². The molecule has 0 fully saturated rings. The van der Waals surface area contributed by atoms with E-state index in [0.29, 0.717) is 65.1 Å². The van der Waals surface area contributed by atoms with Gasteiger partial charge in [-0.25, -0.2) is 17.6 Å². The summed E-state index contributed by atoms with van der Waals surface area (Å²) in [5, 5.41) is 22.6. The molecule has 264 valence electrons. The van der Waals surface area contributed by atoms with Gasteiger partial charge >= 0.3 is 5.97 Å². The number of fused-ring (bicyclic) bond motifs is 4. The summed E-state index contributed by atoms with van der Waals surface area (Å²) >= 11 is 0. The van der Waals surface area contributed by atoms with Crippen molar-refractivity contribution < 1.29 is 42.1 Å². The van der Waals surface area contributed by atoms with Crippen LogP contribution in [0.25, 0.3) is 22.8 Å². The highest BCUT2D eigenvalue weighted by molar-refractivity contribution is 7.86. The maximum atomic E-state index is 12.1. The number of aliphatic carboxylic acids is 2. The quantitative estimate of drug-likeness (QED) is 0.134. The lowest BCUT2D eigenvalue weighted by Crippen LogP contribution is -2.46. The van der Waals surface area contributed by atoms with Crippen molar-refractivity contribution in [2.75, 3.05) is 5.75 Å². The molecule has 11 heteroatoms. The van der Waals surface area contributed by atoms with Crippen LogP contribution >= 0.6 is 0 Å². The smallest absolute Gasteiger partial charge is 0.303 e. The predicted molar refractivity (Wildman–Crippen MR) is 186 cm³/mol. The number of hydrogen-bond donors (Lipinski definition) is 1. The SMILES string of the molecule is CCC1=CC(C)(C)Cc2cc3c(cc21)C(c1n(CCCCCC(=O)O)cc[n+]1CC(=O)[O-])=c1cc2c(cc1O3)=CC(C)(C)C=C2CS(=O)(=O)[O-]. The van der Waals surface area contributed by atoms with Crippen LogP contribution in [-0.2, 0) is 39.2 Å². The van der Waals surface area contributed by atoms with Crippen LogP contribution in [0.15, 0.2) is 48.8 Å². The zero-order valence-electron chi connectivity index (χ0n) is 29.2. The molecule has 0 bridgehead atoms. The minimum absolute atomic E-state index is 0.0528. The van der Waals surface area contributed by atoms with Gasteiger partial charge < -0.3 is 24.3 Å². The fraction of sp³-hybridized carbons (Fsp3) is 0.410. The lowest BCUT2D eigenvalue weighted by Gasteiger charge is -2.32. The topological polar surface area (TPSA) is 153 Å². The van der Waals surface area contributed by atoms with Crippen molar-refractivity contribution >= 4 is 44.9 Å². The molecule has 0 spiro atoms. The molecule has 0 saturated carbocycles. The Morgan fingerprint density at radius 1 is 0.960 bits per heavy atom. The molecule has 2 heterocycles. The number of aryl methyl sites for hydroxylation is 1. The number of carbonyl (C=O) groups is 2. The normalized spacial score (nSPS) is 16.9. The highest BCUT2D eigenvalue weighted by Gasteiger charge is 2.34. The maximum Gasteiger partial charge on any atom is 0.303 e. The third-order valence-corrected chi connectivity index (χ3v) is 10.3. The van der Waals surface area contributed by atoms with Crippen LogP contribution < -0.4 is 24.8 Å². The number of carbonyl (C=O) groups excluding carboxylic acids is 1. The van der Waals surface area contributed by atoms with E-state index in [-0.39, 0.29) is 11.8 Å². The van der Waals surface area contributed by atoms with Crippen LogP contribution in [0.2, 0.25) is 0 Å². The van der Waals surface area contributed by atoms with Gasteiger partial charge in [-0.15, -0.1) is 0 Å². The molecule has 0 unspecified atom stereocenters. The molecule has 0 amide bonds. The Morgan fingerprint density at radius 3 is 2.40 bits per heavy atom. The van der Waals surface area contributed by atoms with E-state index < -0.39 is 39.8 Å². The van der Waals surface area contributed by atoms with E-state index in [4.69, 9.17) is 9.84 Å². The minimum atomic E-state index is -4.61. The van der Waals surface area contributed by atoms with E-state index in [2.05, 4.69) is 39.0 Å². The largest absolute Gasteiger partial charge is 0.748 e. The zero-order chi connectivity index (χ0) is 36.2. The van der Waals surface area contributed by atoms with Gasteiger partial charge in [-0.05, 0) is 94.8 Å². The number of benzene rings is 2. The van der Waals surface area contributed by atoms with Gasteiger partial charge in [-0.2, -0.15) is 0 Å². The first kappa shape index (κ1) is 35.3. The molecule has 3 aromatic rings. The van der Waals surface area contributed by atoms with Gasteiger partial charge in [-0.1, -0.05) is 52.8 Å². The first-order chi connectivity index (χ1) is 23.4. The van der Waals surface area contributed by atoms with Gasteiger partial charge in [0.05, 0.1) is 34.0 Å². The number of nitrogens with zero attached hydrogens (tertiary/aromatic N) is 2. The number of imidazole rings is 1. The highest BCUT2D eigenvalue weighted by Crippen LogP contribution is 2.44. The van der Waals surface area contributed by atoms with Crippen LogP contribution in [0.3, 0.4) is 0 Å². The second-order valence-electron chi connectivity index (χ2n) is 15.0. The molecule has 3 aliphatic rings. The Bertz CT molecular complexity index is 2220. The van der Waals surface area contributed by atoms with E-state index in [9.17, 15) is 27.7 Å². The lowest BCUT2D eigenvalue weighted by molar-refractivity contribution is -0.692. The predicted octanol–water partition coefficient (Wildman–Crippen LogP) is 3.65. The van der Waals surface area contributed by atoms with E-state index in [1.807, 2.05) is 42.8 Å². The number of allylic oxidation sites excluding steroid dienone is 3. The molecule has 0 saturated heterocycles. The molecule has 2 aromatic carbocycles. The van der Waals surface area contributed by atoms with Gasteiger partial charge in [0.15, 0.2) is 0 Å². The molecule has 1 aliphatic heterocycles. The number of hydrogen-bond acceptors (Lipinski definition) is 7. The Morgan fingerprint density at radius 2 is 1.72 bits per heavy atom. The number of carboxylic acids is 2. The number of rotatable bonds is 12. The van der Waals surface area contributed by atoms with E-state index in [1.165, 1.54) is 5.57 Å². The van der Waals surface area contributed by atoms with Gasteiger partial charge in [0.2, 0.25) is 0 Å². The molecular weight excluding hydrogens is 657 g/mol. The Kier molecular flexibility index (Phi) is 9.19. The molecule has 0 atom stereocenters. The van der Waals surface area contributed by atoms with E-state index in [0.717, 1.165) is 34.8 Å². The average molecular weight is 700 g/mol. The Balaban J connectivity index is 1.66. The zero-order valence-corrected chi connectivity index (χ0v) is 30.0. The molecule has 10 nitrogen and oxygen atoms in total. The summed E-state index contributed by atoms with van der Waals surface area (Å²) in [7, 11) is -4.61. The number of ether oxygens (including phenoxy) is 1. The van der Waals surface area contributed by atoms with E-state index in [1.54, 1.807) is 16.8 Å². The summed E-state index contributed by atoms with van der Waals surface area (Å²) in [6, 6.07) is 7.94. The summed E-state index contributed by atoms with van der Waals surface area (Å²) < 4.78 is 46.6. The lowest BCUT2D eigenvalue weighted by atomic mass is 9.74. The van der Waals surface area contributed by atoms with E-state index >= 15 is 0 Å². The van der Waals surface area contributed by atoms with Crippen LogP contribution in [0, 0.1) is 10.8 Å². The minimum Gasteiger partial charge on any atom is -0.748 e. The number of aromatic nitrogens is 2. The number of carboxylic acid groups (broad SMARTS) is 2. The van der Waals surface area contributed by atoms with Crippen LogP contribution in [0.5, 0.6) is 11.5 Å². The van der Waals surface area contributed by atoms with Crippen molar-refractivity contribution in [3.05, 3.63) is 87.3 Å². The van der Waals surface area contributed by atoms with Crippen LogP contribution in [0.1, 0.15) is 94.8 Å². The van der Waals surface area contributed by atoms with Crippen molar-refractivity contribution in [2.45, 2.75) is 86.2 Å². The molecular formula is C39H43N2O8S-. The molecule has 2 aliphatic carbocycles.